The number of hydrogen-bond acceptors (Lipinski definition) is 8. The SMILES string of the molecule is CCNC(=O)[C@H]1OC(n2cnc3c(NCCc4cn(Cc5cc(C)ccc5C)c5ccccc45)ncnc32)[C@H](O)[C@@H]1O. The number of rotatable bonds is 9. The Morgan fingerprint density at radius 2 is 1.88 bits per heavy atom. The van der Waals surface area contributed by atoms with Crippen molar-refractivity contribution in [1.82, 2.24) is 29.4 Å². The first-order valence-electron chi connectivity index (χ1n) is 14.2. The van der Waals surface area contributed by atoms with Crippen molar-refractivity contribution in [3.8, 4) is 0 Å². The molecule has 2 aromatic carbocycles. The van der Waals surface area contributed by atoms with Gasteiger partial charge in [0.2, 0.25) is 0 Å². The van der Waals surface area contributed by atoms with Crippen LogP contribution < -0.4 is 10.6 Å². The average Bonchev–Trinajstić information content (AvgIpc) is 3.65. The average molecular weight is 570 g/mol. The number of amides is 1. The van der Waals surface area contributed by atoms with Crippen LogP contribution in [0.2, 0.25) is 0 Å². The van der Waals surface area contributed by atoms with Crippen LogP contribution in [0.3, 0.4) is 0 Å². The third-order valence-corrected chi connectivity index (χ3v) is 7.88. The Morgan fingerprint density at radius 1 is 1.05 bits per heavy atom. The minimum Gasteiger partial charge on any atom is -0.387 e. The summed E-state index contributed by atoms with van der Waals surface area (Å²) in [6, 6.07) is 15.0. The monoisotopic (exact) mass is 569 g/mol. The number of nitrogens with one attached hydrogen (secondary N) is 2. The van der Waals surface area contributed by atoms with Crippen LogP contribution in [0.5, 0.6) is 0 Å². The molecule has 0 radical (unpaired) electrons. The van der Waals surface area contributed by atoms with Crippen molar-refractivity contribution in [2.24, 2.45) is 0 Å². The van der Waals surface area contributed by atoms with Crippen LogP contribution in [-0.2, 0) is 22.5 Å². The number of anilines is 1. The van der Waals surface area contributed by atoms with E-state index in [0.29, 0.717) is 30.1 Å². The molecule has 0 saturated carbocycles. The normalized spacial score (nSPS) is 20.4. The highest BCUT2D eigenvalue weighted by Gasteiger charge is 2.47. The zero-order chi connectivity index (χ0) is 29.4. The lowest BCUT2D eigenvalue weighted by Gasteiger charge is -2.16. The van der Waals surface area contributed by atoms with Gasteiger partial charge in [-0.2, -0.15) is 0 Å². The lowest BCUT2D eigenvalue weighted by atomic mass is 10.1. The maximum atomic E-state index is 12.3. The Balaban J connectivity index is 1.20. The quantitative estimate of drug-likeness (QED) is 0.213. The molecule has 0 aliphatic carbocycles. The van der Waals surface area contributed by atoms with E-state index in [1.54, 1.807) is 6.92 Å². The number of aromatic nitrogens is 5. The number of carbonyl (C=O) groups is 1. The third kappa shape index (κ3) is 5.11. The van der Waals surface area contributed by atoms with Crippen LogP contribution in [0.4, 0.5) is 5.82 Å². The molecule has 1 aliphatic rings. The number of aliphatic hydroxyl groups is 2. The molecule has 0 bridgehead atoms. The fourth-order valence-electron chi connectivity index (χ4n) is 5.67. The number of nitrogens with zero attached hydrogens (tertiary/aromatic N) is 5. The summed E-state index contributed by atoms with van der Waals surface area (Å²) in [5.74, 6) is 0.0644. The Bertz CT molecular complexity index is 1750. The molecule has 42 heavy (non-hydrogen) atoms. The Hall–Kier alpha value is -4.32. The van der Waals surface area contributed by atoms with E-state index in [-0.39, 0.29) is 0 Å². The molecule has 4 N–H and O–H groups in total. The van der Waals surface area contributed by atoms with Gasteiger partial charge in [0.1, 0.15) is 18.5 Å². The van der Waals surface area contributed by atoms with Gasteiger partial charge < -0.3 is 30.2 Å². The zero-order valence-corrected chi connectivity index (χ0v) is 23.9. The van der Waals surface area contributed by atoms with Gasteiger partial charge in [-0.15, -0.1) is 0 Å². The molecule has 1 saturated heterocycles. The number of carbonyl (C=O) groups excluding carboxylic acids is 1. The van der Waals surface area contributed by atoms with Crippen LogP contribution >= 0.6 is 0 Å². The molecule has 218 valence electrons. The maximum Gasteiger partial charge on any atom is 0.252 e. The molecule has 6 rings (SSSR count). The summed E-state index contributed by atoms with van der Waals surface area (Å²) in [7, 11) is 0. The minimum absolute atomic E-state index is 0.384. The Labute approximate surface area is 243 Å². The first-order chi connectivity index (χ1) is 20.4. The van der Waals surface area contributed by atoms with Crippen molar-refractivity contribution < 1.29 is 19.7 Å². The smallest absolute Gasteiger partial charge is 0.252 e. The van der Waals surface area contributed by atoms with E-state index in [1.807, 2.05) is 0 Å². The Kier molecular flexibility index (Phi) is 7.63. The number of fused-ring (bicyclic) bond motifs is 2. The van der Waals surface area contributed by atoms with Crippen molar-refractivity contribution in [3.05, 3.63) is 83.6 Å². The van der Waals surface area contributed by atoms with Crippen molar-refractivity contribution in [1.29, 1.82) is 0 Å². The van der Waals surface area contributed by atoms with E-state index in [0.717, 1.165) is 13.0 Å². The third-order valence-electron chi connectivity index (χ3n) is 7.88. The second-order valence-electron chi connectivity index (χ2n) is 10.8. The standard InChI is InChI=1S/C31H35N7O4/c1-4-32-30(41)27-25(39)26(40)31(42-27)38-17-36-24-28(34-16-35-29(24)38)33-12-11-20-14-37(23-8-6-5-7-22(20)23)15-21-13-18(2)9-10-19(21)3/h5-10,13-14,16-17,25-27,31,39-40H,4,11-12,15H2,1-3H3,(H,32,41)(H,33,34,35)/t25-,26+,27-,31?/m0/s1. The molecule has 1 fully saturated rings. The van der Waals surface area contributed by atoms with Crippen molar-refractivity contribution in [2.45, 2.75) is 58.3 Å². The largest absolute Gasteiger partial charge is 0.387 e. The lowest BCUT2D eigenvalue weighted by Crippen LogP contribution is -2.42. The van der Waals surface area contributed by atoms with Crippen LogP contribution in [0.1, 0.15) is 35.4 Å². The van der Waals surface area contributed by atoms with Gasteiger partial charge in [-0.3, -0.25) is 9.36 Å². The number of ether oxygens (including phenoxy) is 1. The molecule has 5 aromatic rings. The van der Waals surface area contributed by atoms with E-state index < -0.39 is 30.4 Å². The Morgan fingerprint density at radius 3 is 2.71 bits per heavy atom. The van der Waals surface area contributed by atoms with Gasteiger partial charge >= 0.3 is 0 Å². The first-order valence-corrected chi connectivity index (χ1v) is 14.2. The number of benzene rings is 2. The minimum atomic E-state index is -1.38. The van der Waals surface area contributed by atoms with Crippen LogP contribution in [0.15, 0.2) is 61.3 Å². The summed E-state index contributed by atoms with van der Waals surface area (Å²) >= 11 is 0. The molecule has 4 atom stereocenters. The highest BCUT2D eigenvalue weighted by atomic mass is 16.6. The highest BCUT2D eigenvalue weighted by Crippen LogP contribution is 2.32. The molecule has 1 amide bonds. The fraction of sp³-hybridized carbons (Fsp3) is 0.355. The summed E-state index contributed by atoms with van der Waals surface area (Å²) in [6.45, 7) is 7.84. The summed E-state index contributed by atoms with van der Waals surface area (Å²) in [5, 5.41) is 28.3. The summed E-state index contributed by atoms with van der Waals surface area (Å²) in [4.78, 5) is 25.5. The van der Waals surface area contributed by atoms with E-state index in [2.05, 4.69) is 92.7 Å². The van der Waals surface area contributed by atoms with Gasteiger partial charge in [-0.25, -0.2) is 15.0 Å². The number of likely N-dealkylation sites (N-methyl/N-ethyl adjacent to an activating group) is 1. The number of hydrogen-bond donors (Lipinski definition) is 4. The number of imidazole rings is 1. The van der Waals surface area contributed by atoms with Crippen molar-refractivity contribution in [2.75, 3.05) is 18.4 Å². The predicted molar refractivity (Wildman–Crippen MR) is 159 cm³/mol. The van der Waals surface area contributed by atoms with Crippen LogP contribution in [0, 0.1) is 13.8 Å². The van der Waals surface area contributed by atoms with Gasteiger partial charge in [-0.1, -0.05) is 42.0 Å². The first kappa shape index (κ1) is 27.8. The van der Waals surface area contributed by atoms with Crippen LogP contribution in [0.25, 0.3) is 22.1 Å². The number of aliphatic hydroxyl groups excluding tert-OH is 2. The molecular weight excluding hydrogens is 534 g/mol. The maximum absolute atomic E-state index is 12.3. The van der Waals surface area contributed by atoms with Gasteiger partial charge in [0.25, 0.3) is 5.91 Å². The molecule has 1 unspecified atom stereocenters. The highest BCUT2D eigenvalue weighted by molar-refractivity contribution is 5.85. The van der Waals surface area contributed by atoms with Crippen LogP contribution in [-0.4, -0.2) is 71.6 Å². The second-order valence-corrected chi connectivity index (χ2v) is 10.8. The summed E-state index contributed by atoms with van der Waals surface area (Å²) in [5.41, 5.74) is 7.18. The van der Waals surface area contributed by atoms with E-state index in [1.165, 1.54) is 50.4 Å². The molecule has 0 spiro atoms. The summed E-state index contributed by atoms with van der Waals surface area (Å²) in [6.07, 6.45) is 0.953. The van der Waals surface area contributed by atoms with E-state index >= 15 is 0 Å². The van der Waals surface area contributed by atoms with E-state index in [4.69, 9.17) is 4.74 Å². The van der Waals surface area contributed by atoms with Gasteiger partial charge in [-0.05, 0) is 49.9 Å². The number of aryl methyl sites for hydroxylation is 2. The van der Waals surface area contributed by atoms with Gasteiger partial charge in [0.15, 0.2) is 29.3 Å². The molecule has 11 heteroatoms. The van der Waals surface area contributed by atoms with Gasteiger partial charge in [0.05, 0.1) is 6.33 Å². The lowest BCUT2D eigenvalue weighted by molar-refractivity contribution is -0.137. The van der Waals surface area contributed by atoms with Gasteiger partial charge in [0, 0.05) is 36.7 Å². The molecular formula is C31H35N7O4. The molecule has 11 nitrogen and oxygen atoms in total. The molecule has 4 heterocycles. The zero-order valence-electron chi connectivity index (χ0n) is 23.9. The topological polar surface area (TPSA) is 139 Å². The second kappa shape index (κ2) is 11.5. The fourth-order valence-corrected chi connectivity index (χ4v) is 5.67. The predicted octanol–water partition coefficient (Wildman–Crippen LogP) is 2.86. The van der Waals surface area contributed by atoms with Crippen molar-refractivity contribution in [3.63, 3.8) is 0 Å². The molecule has 3 aromatic heterocycles. The summed E-state index contributed by atoms with van der Waals surface area (Å²) < 4.78 is 9.59. The van der Waals surface area contributed by atoms with Crippen molar-refractivity contribution >= 4 is 33.8 Å². The van der Waals surface area contributed by atoms with E-state index in [9.17, 15) is 15.0 Å². The molecule has 1 aliphatic heterocycles. The number of para-hydroxylation sites is 1.